The third-order valence-electron chi connectivity index (χ3n) is 5.05. The van der Waals surface area contributed by atoms with Crippen LogP contribution >= 0.6 is 27.5 Å². The first-order valence-electron chi connectivity index (χ1n) is 10.6. The van der Waals surface area contributed by atoms with Crippen LogP contribution in [0, 0.1) is 0 Å². The van der Waals surface area contributed by atoms with Gasteiger partial charge in [0.1, 0.15) is 0 Å². The first-order valence-corrected chi connectivity index (χ1v) is 14.7. The van der Waals surface area contributed by atoms with Crippen LogP contribution in [0.5, 0.6) is 0 Å². The van der Waals surface area contributed by atoms with E-state index in [1.165, 1.54) is 54.6 Å². The molecular formula is C25H19BrClN3O5S2. The van der Waals surface area contributed by atoms with Crippen LogP contribution in [-0.2, 0) is 20.0 Å². The maximum absolute atomic E-state index is 12.7. The minimum atomic E-state index is -3.85. The van der Waals surface area contributed by atoms with E-state index in [1.54, 1.807) is 42.5 Å². The van der Waals surface area contributed by atoms with Gasteiger partial charge in [-0.2, -0.15) is 0 Å². The summed E-state index contributed by atoms with van der Waals surface area (Å²) in [5, 5.41) is 2.69. The lowest BCUT2D eigenvalue weighted by Crippen LogP contribution is -2.15. The summed E-state index contributed by atoms with van der Waals surface area (Å²) in [6.45, 7) is 0. The Morgan fingerprint density at radius 1 is 0.676 bits per heavy atom. The van der Waals surface area contributed by atoms with E-state index < -0.39 is 26.0 Å². The molecular weight excluding hydrogens is 602 g/mol. The summed E-state index contributed by atoms with van der Waals surface area (Å²) in [7, 11) is -7.67. The van der Waals surface area contributed by atoms with Crippen molar-refractivity contribution in [2.75, 3.05) is 14.8 Å². The van der Waals surface area contributed by atoms with Crippen LogP contribution in [-0.4, -0.2) is 22.7 Å². The number of sulfonamides is 2. The summed E-state index contributed by atoms with van der Waals surface area (Å²) < 4.78 is 56.0. The Morgan fingerprint density at radius 2 is 1.24 bits per heavy atom. The van der Waals surface area contributed by atoms with Crippen LogP contribution in [0.3, 0.4) is 0 Å². The van der Waals surface area contributed by atoms with Gasteiger partial charge >= 0.3 is 0 Å². The Labute approximate surface area is 227 Å². The first kappa shape index (κ1) is 26.7. The van der Waals surface area contributed by atoms with Crippen LogP contribution in [0.25, 0.3) is 0 Å². The number of rotatable bonds is 8. The fraction of sp³-hybridized carbons (Fsp3) is 0. The highest BCUT2D eigenvalue weighted by molar-refractivity contribution is 9.10. The van der Waals surface area contributed by atoms with E-state index in [4.69, 9.17) is 11.6 Å². The van der Waals surface area contributed by atoms with Crippen LogP contribution in [0.1, 0.15) is 10.4 Å². The molecule has 0 aliphatic carbocycles. The maximum Gasteiger partial charge on any atom is 0.261 e. The molecule has 0 bridgehead atoms. The Bertz CT molecular complexity index is 1650. The lowest BCUT2D eigenvalue weighted by molar-refractivity contribution is 0.102. The normalized spacial score (nSPS) is 11.5. The van der Waals surface area contributed by atoms with Gasteiger partial charge in [-0.05, 0) is 78.9 Å². The van der Waals surface area contributed by atoms with Gasteiger partial charge in [0.25, 0.3) is 26.0 Å². The molecule has 0 saturated carbocycles. The second kappa shape index (κ2) is 10.9. The molecule has 0 unspecified atom stereocenters. The molecule has 4 aromatic carbocycles. The lowest BCUT2D eigenvalue weighted by atomic mass is 10.2. The van der Waals surface area contributed by atoms with Crippen LogP contribution < -0.4 is 14.8 Å². The average Bonchev–Trinajstić information content (AvgIpc) is 2.87. The summed E-state index contributed by atoms with van der Waals surface area (Å²) >= 11 is 9.53. The summed E-state index contributed by atoms with van der Waals surface area (Å²) in [6, 6.07) is 24.3. The summed E-state index contributed by atoms with van der Waals surface area (Å²) in [4.78, 5) is 12.8. The van der Waals surface area contributed by atoms with Gasteiger partial charge in [-0.15, -0.1) is 0 Å². The molecule has 3 N–H and O–H groups in total. The van der Waals surface area contributed by atoms with Crippen LogP contribution in [0.4, 0.5) is 17.1 Å². The number of carbonyl (C=O) groups is 1. The van der Waals surface area contributed by atoms with Gasteiger partial charge in [0.05, 0.1) is 20.5 Å². The number of anilines is 3. The molecule has 0 fully saturated rings. The maximum atomic E-state index is 12.7. The van der Waals surface area contributed by atoms with Gasteiger partial charge in [0.2, 0.25) is 0 Å². The van der Waals surface area contributed by atoms with Gasteiger partial charge in [0.15, 0.2) is 0 Å². The van der Waals surface area contributed by atoms with E-state index in [0.29, 0.717) is 11.4 Å². The second-order valence-corrected chi connectivity index (χ2v) is 12.4. The molecule has 1 amide bonds. The van der Waals surface area contributed by atoms with Gasteiger partial charge in [-0.1, -0.05) is 45.7 Å². The molecule has 0 saturated heterocycles. The highest BCUT2D eigenvalue weighted by Crippen LogP contribution is 2.27. The van der Waals surface area contributed by atoms with Crippen molar-refractivity contribution < 1.29 is 21.6 Å². The zero-order chi connectivity index (χ0) is 26.6. The molecule has 4 aromatic rings. The number of nitrogens with one attached hydrogen (secondary N) is 3. The largest absolute Gasteiger partial charge is 0.322 e. The lowest BCUT2D eigenvalue weighted by Gasteiger charge is -2.12. The monoisotopic (exact) mass is 619 g/mol. The van der Waals surface area contributed by atoms with Crippen LogP contribution in [0.15, 0.2) is 111 Å². The first-order chi connectivity index (χ1) is 17.5. The number of carbonyl (C=O) groups excluding carboxylic acids is 1. The Balaban J connectivity index is 1.43. The van der Waals surface area contributed by atoms with Crippen LogP contribution in [0.2, 0.25) is 5.02 Å². The zero-order valence-electron chi connectivity index (χ0n) is 18.9. The predicted octanol–water partition coefficient (Wildman–Crippen LogP) is 5.96. The second-order valence-electron chi connectivity index (χ2n) is 7.70. The number of hydrogen-bond donors (Lipinski definition) is 3. The Kier molecular flexibility index (Phi) is 7.88. The standard InChI is InChI=1S/C25H19BrClN3O5S2/c26-18-7-9-20(10-8-18)29-36(32,33)22-13-11-19(12-14-22)28-25(31)17-6-15-24(23(27)16-17)30-37(34,35)21-4-2-1-3-5-21/h1-16,29-30H,(H,28,31). The molecule has 37 heavy (non-hydrogen) atoms. The molecule has 190 valence electrons. The Morgan fingerprint density at radius 3 is 1.86 bits per heavy atom. The van der Waals surface area contributed by atoms with E-state index in [9.17, 15) is 21.6 Å². The molecule has 0 heterocycles. The van der Waals surface area contributed by atoms with Crippen molar-refractivity contribution in [3.05, 3.63) is 112 Å². The smallest absolute Gasteiger partial charge is 0.261 e. The van der Waals surface area contributed by atoms with Crippen molar-refractivity contribution in [3.63, 3.8) is 0 Å². The zero-order valence-corrected chi connectivity index (χ0v) is 22.8. The number of hydrogen-bond acceptors (Lipinski definition) is 5. The quantitative estimate of drug-likeness (QED) is 0.225. The molecule has 0 aromatic heterocycles. The highest BCUT2D eigenvalue weighted by Gasteiger charge is 2.18. The van der Waals surface area contributed by atoms with Gasteiger partial charge in [-0.3, -0.25) is 14.2 Å². The summed E-state index contributed by atoms with van der Waals surface area (Å²) in [6.07, 6.45) is 0. The van der Waals surface area contributed by atoms with Crippen molar-refractivity contribution in [2.45, 2.75) is 9.79 Å². The fourth-order valence-corrected chi connectivity index (χ4v) is 5.90. The third-order valence-corrected chi connectivity index (χ3v) is 8.67. The molecule has 0 aliphatic rings. The van der Waals surface area contributed by atoms with Crippen molar-refractivity contribution in [1.29, 1.82) is 0 Å². The predicted molar refractivity (Wildman–Crippen MR) is 148 cm³/mol. The average molecular weight is 621 g/mol. The van der Waals surface area contributed by atoms with Crippen molar-refractivity contribution >= 4 is 70.5 Å². The van der Waals surface area contributed by atoms with Gasteiger partial charge in [0, 0.05) is 21.4 Å². The van der Waals surface area contributed by atoms with E-state index in [2.05, 4.69) is 30.7 Å². The minimum Gasteiger partial charge on any atom is -0.322 e. The molecule has 12 heteroatoms. The number of amides is 1. The van der Waals surface area contributed by atoms with E-state index in [1.807, 2.05) is 0 Å². The molecule has 8 nitrogen and oxygen atoms in total. The summed E-state index contributed by atoms with van der Waals surface area (Å²) in [5.41, 5.74) is 1.07. The number of halogens is 2. The molecule has 0 radical (unpaired) electrons. The molecule has 0 atom stereocenters. The highest BCUT2D eigenvalue weighted by atomic mass is 79.9. The minimum absolute atomic E-state index is 0.0199. The van der Waals surface area contributed by atoms with Crippen molar-refractivity contribution in [1.82, 2.24) is 0 Å². The summed E-state index contributed by atoms with van der Waals surface area (Å²) in [5.74, 6) is -0.511. The number of benzene rings is 4. The van der Waals surface area contributed by atoms with E-state index in [0.717, 1.165) is 4.47 Å². The van der Waals surface area contributed by atoms with Crippen molar-refractivity contribution in [3.8, 4) is 0 Å². The van der Waals surface area contributed by atoms with Gasteiger partial charge in [-0.25, -0.2) is 16.8 Å². The third kappa shape index (κ3) is 6.69. The van der Waals surface area contributed by atoms with E-state index >= 15 is 0 Å². The molecule has 0 spiro atoms. The van der Waals surface area contributed by atoms with Gasteiger partial charge < -0.3 is 5.32 Å². The van der Waals surface area contributed by atoms with E-state index in [-0.39, 0.29) is 26.1 Å². The Hall–Kier alpha value is -3.38. The van der Waals surface area contributed by atoms with Crippen molar-refractivity contribution in [2.24, 2.45) is 0 Å². The SMILES string of the molecule is O=C(Nc1ccc(S(=O)(=O)Nc2ccc(Br)cc2)cc1)c1ccc(NS(=O)(=O)c2ccccc2)c(Cl)c1. The molecule has 0 aliphatic heterocycles. The fourth-order valence-electron chi connectivity index (χ4n) is 3.20. The molecule has 4 rings (SSSR count). The topological polar surface area (TPSA) is 121 Å².